The van der Waals surface area contributed by atoms with Crippen molar-refractivity contribution in [3.05, 3.63) is 214 Å². The second-order valence-electron chi connectivity index (χ2n) is 33.5. The summed E-state index contributed by atoms with van der Waals surface area (Å²) < 4.78 is 3.45. The molecule has 8 heteroatoms. The van der Waals surface area contributed by atoms with Crippen molar-refractivity contribution in [2.24, 2.45) is 0 Å². The molecule has 2 aliphatic rings. The number of H-pyrrole nitrogens is 2. The van der Waals surface area contributed by atoms with Crippen LogP contribution in [0, 0.1) is 0 Å². The van der Waals surface area contributed by atoms with E-state index in [1.807, 2.05) is 0 Å². The maximum atomic E-state index is 6.04. The number of aromatic nitrogens is 4. The minimum Gasteiger partial charge on any atom is -0.354 e. The van der Waals surface area contributed by atoms with Crippen molar-refractivity contribution in [3.63, 3.8) is 0 Å². The lowest BCUT2D eigenvalue weighted by molar-refractivity contribution is 0.568. The zero-order valence-corrected chi connectivity index (χ0v) is 64.8. The van der Waals surface area contributed by atoms with Crippen molar-refractivity contribution in [1.82, 2.24) is 19.9 Å². The Kier molecular flexibility index (Phi) is 14.9. The van der Waals surface area contributed by atoms with Crippen LogP contribution in [-0.2, 0) is 32.5 Å². The SMILES string of the molecule is CC(C)(C)c1cc(-c2c3nc(c(-c4cc5ccc6cc(C(C)(C)C)cc7ccc(c4)c5c67)c4ccc([nH]4)c(-c4cc(C(C)(C)C)cc(C(C)(C)C)c4)c4nc(c(-c5cc6ccc7cc(C(C)(C)C)cc8ccc(c5)c6c78)c5ccc2[nH]5)C(Br)=C4Br)C(Br)=C3Br)cc(C(C)(C)C)c1. The van der Waals surface area contributed by atoms with Crippen molar-refractivity contribution >= 4 is 168 Å². The van der Waals surface area contributed by atoms with Crippen LogP contribution >= 0.6 is 63.7 Å². The van der Waals surface area contributed by atoms with Crippen molar-refractivity contribution in [1.29, 1.82) is 0 Å². The van der Waals surface area contributed by atoms with Crippen LogP contribution < -0.4 is 0 Å². The summed E-state index contributed by atoms with van der Waals surface area (Å²) in [5, 5.41) is 14.9. The topological polar surface area (TPSA) is 57.4 Å². The van der Waals surface area contributed by atoms with Crippen LogP contribution in [0.5, 0.6) is 0 Å². The molecule has 0 saturated heterocycles. The van der Waals surface area contributed by atoms with Gasteiger partial charge in [0.2, 0.25) is 0 Å². The van der Waals surface area contributed by atoms with Gasteiger partial charge < -0.3 is 9.97 Å². The molecule has 0 unspecified atom stereocenters. The number of rotatable bonds is 4. The van der Waals surface area contributed by atoms with Crippen LogP contribution in [0.4, 0.5) is 0 Å². The van der Waals surface area contributed by atoms with Gasteiger partial charge >= 0.3 is 0 Å². The summed E-state index contributed by atoms with van der Waals surface area (Å²) in [5.74, 6) is 0. The predicted octanol–water partition coefficient (Wildman–Crippen LogP) is 27.8. The van der Waals surface area contributed by atoms with Gasteiger partial charge in [0, 0.05) is 44.3 Å². The van der Waals surface area contributed by atoms with E-state index in [2.05, 4.69) is 356 Å². The van der Waals surface area contributed by atoms with E-state index >= 15 is 0 Å². The second-order valence-corrected chi connectivity index (χ2v) is 36.7. The Labute approximate surface area is 598 Å². The summed E-state index contributed by atoms with van der Waals surface area (Å²) in [5.41, 5.74) is 22.1. The molecule has 0 saturated carbocycles. The molecule has 15 rings (SSSR count). The number of hydrogen-bond acceptors (Lipinski definition) is 2. The van der Waals surface area contributed by atoms with Gasteiger partial charge in [-0.15, -0.1) is 0 Å². The molecular weight excluding hydrogens is 1430 g/mol. The number of nitrogens with zero attached hydrogens (tertiary/aromatic N) is 2. The minimum absolute atomic E-state index is 0.00602. The highest BCUT2D eigenvalue weighted by molar-refractivity contribution is 9.18. The first-order chi connectivity index (χ1) is 45.0. The van der Waals surface area contributed by atoms with Gasteiger partial charge in [-0.2, -0.15) is 0 Å². The molecule has 0 atom stereocenters. The van der Waals surface area contributed by atoms with Crippen LogP contribution in [0.3, 0.4) is 0 Å². The Bertz CT molecular complexity index is 5190. The molecule has 13 aromatic rings. The highest BCUT2D eigenvalue weighted by Gasteiger charge is 2.32. The Hall–Kier alpha value is -7.20. The van der Waals surface area contributed by atoms with E-state index in [9.17, 15) is 0 Å². The molecule has 0 amide bonds. The number of hydrogen-bond donors (Lipinski definition) is 2. The van der Waals surface area contributed by atoms with Gasteiger partial charge in [0.15, 0.2) is 0 Å². The van der Waals surface area contributed by atoms with Gasteiger partial charge in [-0.1, -0.05) is 234 Å². The molecule has 10 aromatic carbocycles. The van der Waals surface area contributed by atoms with Gasteiger partial charge in [0.05, 0.1) is 40.7 Å². The van der Waals surface area contributed by atoms with E-state index < -0.39 is 0 Å². The largest absolute Gasteiger partial charge is 0.354 e. The summed E-state index contributed by atoms with van der Waals surface area (Å²) in [7, 11) is 0. The van der Waals surface area contributed by atoms with Gasteiger partial charge in [-0.05, 0) is 265 Å². The zero-order chi connectivity index (χ0) is 68.2. The minimum atomic E-state index is -0.165. The lowest BCUT2D eigenvalue weighted by Gasteiger charge is -2.26. The van der Waals surface area contributed by atoms with Crippen LogP contribution in [0.2, 0.25) is 0 Å². The molecule has 482 valence electrons. The molecule has 0 spiro atoms. The van der Waals surface area contributed by atoms with Crippen molar-refractivity contribution in [2.75, 3.05) is 0 Å². The van der Waals surface area contributed by atoms with E-state index in [1.54, 1.807) is 0 Å². The number of benzene rings is 10. The smallest absolute Gasteiger partial charge is 0.0891 e. The molecule has 5 heterocycles. The summed E-state index contributed by atoms with van der Waals surface area (Å²) in [6, 6.07) is 61.1. The average Bonchev–Trinajstić information content (AvgIpc) is 1.05. The molecule has 0 fully saturated rings. The molecule has 0 radical (unpaired) electrons. The van der Waals surface area contributed by atoms with Crippen LogP contribution in [0.15, 0.2) is 158 Å². The standard InChI is InChI=1S/C88H82Br4N4/c1-83(2,3)57-35-49-23-19-45-31-53(32-46-20-24-50(36-57)69(49)67(45)46)71-63-27-29-65(93-63)73(55-39-59(85(7,8)9)43-60(40-55)86(10,11)12)82-78(92)76(90)80(96-82)72(54-33-47-21-25-51-37-58(84(4,5)6)38-52-26-22-48(34-54)68(47)70(51)52)64-28-30-66(94-64)74(81-77(91)75(89)79(71)95-81)56-41-61(87(13,14)15)44-62(42-56)88(16,17)18/h19-44,93-94H,1-18H3. The lowest BCUT2D eigenvalue weighted by atomic mass is 9.78. The fourth-order valence-electron chi connectivity index (χ4n) is 14.7. The predicted molar refractivity (Wildman–Crippen MR) is 432 cm³/mol. The van der Waals surface area contributed by atoms with Gasteiger partial charge in [-0.3, -0.25) is 0 Å². The van der Waals surface area contributed by atoms with E-state index in [0.29, 0.717) is 0 Å². The van der Waals surface area contributed by atoms with E-state index in [0.717, 1.165) is 107 Å². The first-order valence-corrected chi connectivity index (χ1v) is 36.9. The highest BCUT2D eigenvalue weighted by atomic mass is 79.9. The number of halogens is 4. The zero-order valence-electron chi connectivity index (χ0n) is 58.4. The fourth-order valence-corrected chi connectivity index (χ4v) is 16.6. The van der Waals surface area contributed by atoms with Crippen LogP contribution in [0.25, 0.3) is 149 Å². The number of fused-ring (bicyclic) bond motifs is 8. The third kappa shape index (κ3) is 10.8. The van der Waals surface area contributed by atoms with E-state index in [4.69, 9.17) is 9.97 Å². The van der Waals surface area contributed by atoms with E-state index in [-0.39, 0.29) is 32.5 Å². The Morgan fingerprint density at radius 3 is 0.604 bits per heavy atom. The van der Waals surface area contributed by atoms with Crippen molar-refractivity contribution in [2.45, 2.75) is 157 Å². The highest BCUT2D eigenvalue weighted by Crippen LogP contribution is 2.53. The molecule has 2 aliphatic heterocycles. The Morgan fingerprint density at radius 1 is 0.229 bits per heavy atom. The van der Waals surface area contributed by atoms with Gasteiger partial charge in [-0.25, -0.2) is 9.97 Å². The molecule has 4 nitrogen and oxygen atoms in total. The molecule has 8 bridgehead atoms. The third-order valence-electron chi connectivity index (χ3n) is 20.3. The van der Waals surface area contributed by atoms with Gasteiger partial charge in [0.1, 0.15) is 0 Å². The van der Waals surface area contributed by atoms with Crippen LogP contribution in [-0.4, -0.2) is 19.9 Å². The van der Waals surface area contributed by atoms with Crippen molar-refractivity contribution < 1.29 is 0 Å². The monoisotopic (exact) mass is 1510 g/mol. The second kappa shape index (κ2) is 22.2. The summed E-state index contributed by atoms with van der Waals surface area (Å²) in [6.45, 7) is 41.6. The quantitative estimate of drug-likeness (QED) is 0.173. The molecular formula is C88H82Br4N4. The van der Waals surface area contributed by atoms with E-state index in [1.165, 1.54) is 98.0 Å². The Balaban J connectivity index is 1.13. The molecule has 0 aliphatic carbocycles. The summed E-state index contributed by atoms with van der Waals surface area (Å²) in [4.78, 5) is 20.4. The first-order valence-electron chi connectivity index (χ1n) is 33.7. The lowest BCUT2D eigenvalue weighted by Crippen LogP contribution is -2.16. The van der Waals surface area contributed by atoms with Gasteiger partial charge in [0.25, 0.3) is 0 Å². The molecule has 2 N–H and O–H groups in total. The molecule has 96 heavy (non-hydrogen) atoms. The maximum absolute atomic E-state index is 6.04. The fraction of sp³-hybridized carbons (Fsp3) is 0.273. The van der Waals surface area contributed by atoms with Crippen LogP contribution in [0.1, 0.15) is 181 Å². The first kappa shape index (κ1) is 64.8. The third-order valence-corrected chi connectivity index (χ3v) is 24.5. The summed E-state index contributed by atoms with van der Waals surface area (Å²) >= 11 is 17.3. The number of nitrogens with one attached hydrogen (secondary N) is 2. The average molecular weight is 1520 g/mol. The summed E-state index contributed by atoms with van der Waals surface area (Å²) in [6.07, 6.45) is 0. The Morgan fingerprint density at radius 2 is 0.406 bits per heavy atom. The molecule has 3 aromatic heterocycles. The maximum Gasteiger partial charge on any atom is 0.0891 e. The normalized spacial score (nSPS) is 14.1. The number of aromatic amines is 2. The van der Waals surface area contributed by atoms with Crippen molar-refractivity contribution in [3.8, 4) is 44.5 Å².